The van der Waals surface area contributed by atoms with Crippen LogP contribution in [0, 0.1) is 5.92 Å². The molecule has 142 valence electrons. The van der Waals surface area contributed by atoms with Crippen molar-refractivity contribution in [2.45, 2.75) is 39.0 Å². The van der Waals surface area contributed by atoms with Gasteiger partial charge >= 0.3 is 6.16 Å². The molecule has 2 aromatic rings. The lowest BCUT2D eigenvalue weighted by molar-refractivity contribution is 0.144. The summed E-state index contributed by atoms with van der Waals surface area (Å²) in [6.07, 6.45) is 3.69. The van der Waals surface area contributed by atoms with Gasteiger partial charge in [-0.1, -0.05) is 30.7 Å². The van der Waals surface area contributed by atoms with E-state index in [4.69, 9.17) is 21.3 Å². The van der Waals surface area contributed by atoms with Crippen molar-refractivity contribution in [2.24, 2.45) is 5.92 Å². The second kappa shape index (κ2) is 7.39. The maximum absolute atomic E-state index is 11.5. The minimum Gasteiger partial charge on any atom is -0.449 e. The Morgan fingerprint density at radius 2 is 2.11 bits per heavy atom. The second-order valence-electron chi connectivity index (χ2n) is 7.49. The largest absolute Gasteiger partial charge is 0.511 e. The number of benzene rings is 1. The first-order valence-electron chi connectivity index (χ1n) is 9.50. The van der Waals surface area contributed by atoms with Gasteiger partial charge in [-0.3, -0.25) is 0 Å². The zero-order valence-electron chi connectivity index (χ0n) is 15.4. The van der Waals surface area contributed by atoms with Crippen molar-refractivity contribution in [3.63, 3.8) is 0 Å². The summed E-state index contributed by atoms with van der Waals surface area (Å²) in [6.45, 7) is 3.96. The fourth-order valence-electron chi connectivity index (χ4n) is 4.18. The molecule has 0 bridgehead atoms. The molecule has 0 saturated carbocycles. The van der Waals surface area contributed by atoms with Crippen molar-refractivity contribution in [3.05, 3.63) is 40.5 Å². The molecule has 1 saturated heterocycles. The second-order valence-corrected chi connectivity index (χ2v) is 7.92. The zero-order valence-corrected chi connectivity index (χ0v) is 16.1. The Morgan fingerprint density at radius 1 is 1.33 bits per heavy atom. The number of pyridine rings is 1. The summed E-state index contributed by atoms with van der Waals surface area (Å²) >= 11 is 6.25. The van der Waals surface area contributed by atoms with E-state index in [1.807, 2.05) is 24.3 Å². The van der Waals surface area contributed by atoms with Crippen molar-refractivity contribution in [3.8, 4) is 16.9 Å². The molecule has 6 heteroatoms. The van der Waals surface area contributed by atoms with Crippen molar-refractivity contribution in [1.82, 2.24) is 4.98 Å². The molecule has 1 aliphatic carbocycles. The normalized spacial score (nSPS) is 19.0. The van der Waals surface area contributed by atoms with Crippen LogP contribution in [0.4, 0.5) is 10.6 Å². The first-order chi connectivity index (χ1) is 13.0. The molecule has 1 fully saturated rings. The number of fused-ring (bicyclic) bond motifs is 1. The van der Waals surface area contributed by atoms with Gasteiger partial charge in [0.15, 0.2) is 11.6 Å². The van der Waals surface area contributed by atoms with Gasteiger partial charge in [0.1, 0.15) is 0 Å². The predicted molar refractivity (Wildman–Crippen MR) is 106 cm³/mol. The number of carbonyl (C=O) groups is 1. The van der Waals surface area contributed by atoms with Crippen LogP contribution < -0.4 is 9.64 Å². The topological polar surface area (TPSA) is 62.7 Å². The van der Waals surface area contributed by atoms with Crippen LogP contribution in [0.3, 0.4) is 0 Å². The molecule has 5 nitrogen and oxygen atoms in total. The van der Waals surface area contributed by atoms with Gasteiger partial charge in [0.2, 0.25) is 0 Å². The summed E-state index contributed by atoms with van der Waals surface area (Å²) in [6, 6.07) is 7.54. The number of carboxylic acid groups (broad SMARTS) is 1. The van der Waals surface area contributed by atoms with Crippen LogP contribution in [0.1, 0.15) is 37.4 Å². The molecule has 0 amide bonds. The molecule has 0 spiro atoms. The Balaban J connectivity index is 1.99. The number of nitrogens with zero attached hydrogens (tertiary/aromatic N) is 2. The summed E-state index contributed by atoms with van der Waals surface area (Å²) in [5.74, 6) is 1.52. The number of halogens is 1. The third kappa shape index (κ3) is 3.61. The predicted octanol–water partition coefficient (Wildman–Crippen LogP) is 5.18. The standard InChI is InChI=1S/C21H23ClN2O3/c1-13-7-8-17-16(11-13)18(14-5-4-6-15(22)12-14)19(27-21(25)26)20(23-17)24-9-2-3-10-24/h4-6,12-13H,2-3,7-11H2,1H3,(H,25,26). The van der Waals surface area contributed by atoms with Crippen LogP contribution in [-0.2, 0) is 12.8 Å². The quantitative estimate of drug-likeness (QED) is 0.736. The number of hydrogen-bond acceptors (Lipinski definition) is 4. The number of ether oxygens (including phenoxy) is 1. The summed E-state index contributed by atoms with van der Waals surface area (Å²) in [7, 11) is 0. The number of rotatable bonds is 3. The minimum atomic E-state index is -1.32. The van der Waals surface area contributed by atoms with E-state index in [0.717, 1.165) is 67.6 Å². The monoisotopic (exact) mass is 386 g/mol. The lowest BCUT2D eigenvalue weighted by Crippen LogP contribution is -2.24. The van der Waals surface area contributed by atoms with E-state index in [1.165, 1.54) is 0 Å². The SMILES string of the molecule is CC1CCc2nc(N3CCCC3)c(OC(=O)O)c(-c3cccc(Cl)c3)c2C1. The first kappa shape index (κ1) is 18.1. The van der Waals surface area contributed by atoms with Crippen LogP contribution in [0.5, 0.6) is 5.75 Å². The third-order valence-corrected chi connectivity index (χ3v) is 5.69. The van der Waals surface area contributed by atoms with Gasteiger partial charge in [0.25, 0.3) is 0 Å². The Labute approximate surface area is 163 Å². The Morgan fingerprint density at radius 3 is 2.81 bits per heavy atom. The van der Waals surface area contributed by atoms with E-state index >= 15 is 0 Å². The fourth-order valence-corrected chi connectivity index (χ4v) is 4.37. The van der Waals surface area contributed by atoms with E-state index in [1.54, 1.807) is 0 Å². The highest BCUT2D eigenvalue weighted by molar-refractivity contribution is 6.30. The Bertz CT molecular complexity index is 878. The highest BCUT2D eigenvalue weighted by atomic mass is 35.5. The number of anilines is 1. The molecule has 27 heavy (non-hydrogen) atoms. The van der Waals surface area contributed by atoms with Gasteiger partial charge in [-0.2, -0.15) is 0 Å². The van der Waals surface area contributed by atoms with Crippen LogP contribution in [0.15, 0.2) is 24.3 Å². The summed E-state index contributed by atoms with van der Waals surface area (Å²) in [4.78, 5) is 18.6. The van der Waals surface area contributed by atoms with Gasteiger partial charge in [-0.05, 0) is 61.3 Å². The number of aromatic nitrogens is 1. The molecule has 1 unspecified atom stereocenters. The van der Waals surface area contributed by atoms with E-state index in [0.29, 0.717) is 22.5 Å². The zero-order chi connectivity index (χ0) is 19.0. The molecule has 2 aliphatic rings. The lowest BCUT2D eigenvalue weighted by Gasteiger charge is -2.29. The van der Waals surface area contributed by atoms with Crippen molar-refractivity contribution in [1.29, 1.82) is 0 Å². The molecular formula is C21H23ClN2O3. The summed E-state index contributed by atoms with van der Waals surface area (Å²) in [5, 5.41) is 10.0. The molecule has 1 aromatic carbocycles. The van der Waals surface area contributed by atoms with E-state index in [9.17, 15) is 9.90 Å². The van der Waals surface area contributed by atoms with Crippen LogP contribution >= 0.6 is 11.6 Å². The highest BCUT2D eigenvalue weighted by Gasteiger charge is 2.30. The van der Waals surface area contributed by atoms with E-state index in [2.05, 4.69) is 11.8 Å². The Hall–Kier alpha value is -2.27. The van der Waals surface area contributed by atoms with Crippen molar-refractivity contribution < 1.29 is 14.6 Å². The molecule has 1 aliphatic heterocycles. The Kier molecular flexibility index (Phi) is 4.96. The lowest BCUT2D eigenvalue weighted by atomic mass is 9.83. The summed E-state index contributed by atoms with van der Waals surface area (Å²) < 4.78 is 5.35. The molecule has 2 heterocycles. The van der Waals surface area contributed by atoms with Crippen LogP contribution in [0.2, 0.25) is 5.02 Å². The third-order valence-electron chi connectivity index (χ3n) is 5.46. The highest BCUT2D eigenvalue weighted by Crippen LogP contribution is 2.45. The minimum absolute atomic E-state index is 0.347. The van der Waals surface area contributed by atoms with Crippen LogP contribution in [0.25, 0.3) is 11.1 Å². The maximum atomic E-state index is 11.5. The fraction of sp³-hybridized carbons (Fsp3) is 0.429. The first-order valence-corrected chi connectivity index (χ1v) is 9.88. The van der Waals surface area contributed by atoms with Gasteiger partial charge < -0.3 is 14.7 Å². The van der Waals surface area contributed by atoms with Gasteiger partial charge in [0.05, 0.1) is 0 Å². The molecule has 1 atom stereocenters. The molecule has 1 aromatic heterocycles. The average Bonchev–Trinajstić information content (AvgIpc) is 3.15. The van der Waals surface area contributed by atoms with E-state index < -0.39 is 6.16 Å². The van der Waals surface area contributed by atoms with Gasteiger partial charge in [0, 0.05) is 29.4 Å². The van der Waals surface area contributed by atoms with Crippen LogP contribution in [-0.4, -0.2) is 29.3 Å². The number of aryl methyl sites for hydroxylation is 1. The molecule has 4 rings (SSSR count). The van der Waals surface area contributed by atoms with Gasteiger partial charge in [-0.15, -0.1) is 0 Å². The van der Waals surface area contributed by atoms with E-state index in [-0.39, 0.29) is 0 Å². The molecule has 1 N–H and O–H groups in total. The van der Waals surface area contributed by atoms with Crippen molar-refractivity contribution >= 4 is 23.6 Å². The average molecular weight is 387 g/mol. The summed E-state index contributed by atoms with van der Waals surface area (Å²) in [5.41, 5.74) is 3.86. The molecular weight excluding hydrogens is 364 g/mol. The molecule has 0 radical (unpaired) electrons. The maximum Gasteiger partial charge on any atom is 0.511 e. The van der Waals surface area contributed by atoms with Gasteiger partial charge in [-0.25, -0.2) is 9.78 Å². The van der Waals surface area contributed by atoms with Crippen molar-refractivity contribution in [2.75, 3.05) is 18.0 Å². The smallest absolute Gasteiger partial charge is 0.449 e. The number of hydrogen-bond donors (Lipinski definition) is 1.